The summed E-state index contributed by atoms with van der Waals surface area (Å²) in [5.41, 5.74) is 3.19. The number of para-hydroxylation sites is 2. The Kier molecular flexibility index (Phi) is 3.52. The van der Waals surface area contributed by atoms with E-state index in [1.54, 1.807) is 0 Å². The molecule has 0 aliphatic heterocycles. The van der Waals surface area contributed by atoms with Gasteiger partial charge in [0.05, 0.1) is 21.6 Å². The molecule has 0 aliphatic carbocycles. The fourth-order valence-electron chi connectivity index (χ4n) is 4.72. The molecule has 31 heavy (non-hydrogen) atoms. The zero-order chi connectivity index (χ0) is 20.5. The van der Waals surface area contributed by atoms with E-state index >= 15 is 0 Å². The highest BCUT2D eigenvalue weighted by molar-refractivity contribution is 7.26. The van der Waals surface area contributed by atoms with Gasteiger partial charge in [0.1, 0.15) is 5.82 Å². The molecule has 4 aromatic carbocycles. The molecular weight excluding hydrogens is 420 g/mol. The largest absolute Gasteiger partial charge is 0.294 e. The van der Waals surface area contributed by atoms with Crippen LogP contribution in [0, 0.1) is 0 Å². The molecule has 0 N–H and O–H groups in total. The maximum Gasteiger partial charge on any atom is 0.139 e. The predicted octanol–water partition coefficient (Wildman–Crippen LogP) is 8.35. The minimum Gasteiger partial charge on any atom is -0.294 e. The Hall–Kier alpha value is -3.40. The second kappa shape index (κ2) is 6.30. The molecule has 0 bridgehead atoms. The van der Waals surface area contributed by atoms with Gasteiger partial charge in [0.25, 0.3) is 0 Å². The minimum absolute atomic E-state index is 0.717. The van der Waals surface area contributed by atoms with Crippen molar-refractivity contribution in [3.8, 4) is 5.82 Å². The fraction of sp³-hybridized carbons (Fsp3) is 0. The molecule has 0 unspecified atom stereocenters. The number of aromatic nitrogens is 2. The van der Waals surface area contributed by atoms with E-state index in [-0.39, 0.29) is 0 Å². The summed E-state index contributed by atoms with van der Waals surface area (Å²) in [6.07, 6.45) is 0. The van der Waals surface area contributed by atoms with Crippen molar-refractivity contribution in [3.63, 3.8) is 0 Å². The Morgan fingerprint density at radius 2 is 1.42 bits per heavy atom. The molecule has 3 aromatic heterocycles. The summed E-state index contributed by atoms with van der Waals surface area (Å²) in [6, 6.07) is 31.7. The molecule has 0 atom stereocenters. The van der Waals surface area contributed by atoms with Gasteiger partial charge in [-0.15, -0.1) is 11.3 Å². The normalized spacial score (nSPS) is 12.0. The molecule has 3 heterocycles. The number of fused-ring (bicyclic) bond motifs is 8. The van der Waals surface area contributed by atoms with E-state index in [0.29, 0.717) is 0 Å². The molecule has 0 radical (unpaired) electrons. The molecule has 0 spiro atoms. The zero-order valence-corrected chi connectivity index (χ0v) is 17.9. The summed E-state index contributed by atoms with van der Waals surface area (Å²) < 4.78 is 4.88. The van der Waals surface area contributed by atoms with Crippen LogP contribution in [0.15, 0.2) is 91.0 Å². The van der Waals surface area contributed by atoms with E-state index < -0.39 is 0 Å². The first-order chi connectivity index (χ1) is 15.3. The molecule has 7 aromatic rings. The Bertz CT molecular complexity index is 1810. The third kappa shape index (κ3) is 2.36. The quantitative estimate of drug-likeness (QED) is 0.254. The SMILES string of the molecule is Clc1cc(-n2c3ccccc3c3c4sc5ccccc5c4ccc32)nc2ccccc12. The third-order valence-electron chi connectivity index (χ3n) is 6.06. The lowest BCUT2D eigenvalue weighted by Gasteiger charge is -2.09. The van der Waals surface area contributed by atoms with Crippen LogP contribution >= 0.6 is 22.9 Å². The predicted molar refractivity (Wildman–Crippen MR) is 134 cm³/mol. The zero-order valence-electron chi connectivity index (χ0n) is 16.3. The Morgan fingerprint density at radius 3 is 2.32 bits per heavy atom. The first-order valence-electron chi connectivity index (χ1n) is 10.2. The van der Waals surface area contributed by atoms with Crippen LogP contribution in [0.25, 0.3) is 58.7 Å². The molecule has 2 nitrogen and oxygen atoms in total. The third-order valence-corrected chi connectivity index (χ3v) is 7.58. The van der Waals surface area contributed by atoms with Crippen molar-refractivity contribution in [2.75, 3.05) is 0 Å². The van der Waals surface area contributed by atoms with Crippen LogP contribution < -0.4 is 0 Å². The number of pyridine rings is 1. The summed E-state index contributed by atoms with van der Waals surface area (Å²) in [5, 5.41) is 6.82. The highest BCUT2D eigenvalue weighted by atomic mass is 35.5. The second-order valence-corrected chi connectivity index (χ2v) is 9.23. The van der Waals surface area contributed by atoms with E-state index in [0.717, 1.165) is 32.8 Å². The molecule has 0 amide bonds. The van der Waals surface area contributed by atoms with Crippen molar-refractivity contribution >= 4 is 75.8 Å². The molecular formula is C27H15ClN2S. The van der Waals surface area contributed by atoms with Gasteiger partial charge in [0, 0.05) is 42.4 Å². The van der Waals surface area contributed by atoms with Crippen molar-refractivity contribution in [3.05, 3.63) is 96.0 Å². The number of benzene rings is 4. The summed E-state index contributed by atoms with van der Waals surface area (Å²) in [4.78, 5) is 4.98. The highest BCUT2D eigenvalue weighted by Crippen LogP contribution is 2.43. The second-order valence-electron chi connectivity index (χ2n) is 7.77. The summed E-state index contributed by atoms with van der Waals surface area (Å²) in [6.45, 7) is 0. The van der Waals surface area contributed by atoms with Crippen LogP contribution in [0.5, 0.6) is 0 Å². The molecule has 4 heteroatoms. The summed E-state index contributed by atoms with van der Waals surface area (Å²) >= 11 is 8.54. The van der Waals surface area contributed by atoms with Gasteiger partial charge in [-0.05, 0) is 24.3 Å². The molecule has 0 aliphatic rings. The van der Waals surface area contributed by atoms with E-state index in [1.807, 2.05) is 41.7 Å². The monoisotopic (exact) mass is 434 g/mol. The average Bonchev–Trinajstić information content (AvgIpc) is 3.34. The van der Waals surface area contributed by atoms with Crippen LogP contribution in [0.2, 0.25) is 5.02 Å². The topological polar surface area (TPSA) is 17.8 Å². The Morgan fingerprint density at radius 1 is 0.677 bits per heavy atom. The first-order valence-corrected chi connectivity index (χ1v) is 11.4. The molecule has 0 saturated carbocycles. The first kappa shape index (κ1) is 17.3. The van der Waals surface area contributed by atoms with E-state index in [9.17, 15) is 0 Å². The lowest BCUT2D eigenvalue weighted by Crippen LogP contribution is -1.98. The van der Waals surface area contributed by atoms with E-state index in [4.69, 9.17) is 16.6 Å². The lowest BCUT2D eigenvalue weighted by atomic mass is 10.1. The number of hydrogen-bond acceptors (Lipinski definition) is 2. The number of nitrogens with zero attached hydrogens (tertiary/aromatic N) is 2. The van der Waals surface area contributed by atoms with E-state index in [1.165, 1.54) is 30.9 Å². The number of halogens is 1. The molecule has 0 saturated heterocycles. The number of rotatable bonds is 1. The Balaban J connectivity index is 1.68. The standard InChI is InChI=1S/C27H15ClN2S/c28-20-15-25(29-21-10-4-1-8-18(20)21)30-22-11-5-2-9-19(22)26-23(30)14-13-17-16-7-3-6-12-24(16)31-27(17)26/h1-15H. The van der Waals surface area contributed by atoms with Crippen LogP contribution in [0.3, 0.4) is 0 Å². The van der Waals surface area contributed by atoms with Crippen molar-refractivity contribution in [2.24, 2.45) is 0 Å². The summed E-state index contributed by atoms with van der Waals surface area (Å²) in [5.74, 6) is 0.843. The van der Waals surface area contributed by atoms with Crippen LogP contribution in [-0.2, 0) is 0 Å². The van der Waals surface area contributed by atoms with Gasteiger partial charge in [0.15, 0.2) is 0 Å². The smallest absolute Gasteiger partial charge is 0.139 e. The maximum absolute atomic E-state index is 6.68. The van der Waals surface area contributed by atoms with Crippen molar-refractivity contribution in [1.29, 1.82) is 0 Å². The molecule has 0 fully saturated rings. The van der Waals surface area contributed by atoms with Gasteiger partial charge < -0.3 is 0 Å². The van der Waals surface area contributed by atoms with Crippen LogP contribution in [-0.4, -0.2) is 9.55 Å². The van der Waals surface area contributed by atoms with Gasteiger partial charge in [-0.3, -0.25) is 4.57 Å². The van der Waals surface area contributed by atoms with Crippen LogP contribution in [0.4, 0.5) is 0 Å². The minimum atomic E-state index is 0.717. The average molecular weight is 435 g/mol. The molecule has 146 valence electrons. The maximum atomic E-state index is 6.68. The molecule has 7 rings (SSSR count). The van der Waals surface area contributed by atoms with Gasteiger partial charge >= 0.3 is 0 Å². The summed E-state index contributed by atoms with van der Waals surface area (Å²) in [7, 11) is 0. The number of thiophene rings is 1. The fourth-order valence-corrected chi connectivity index (χ4v) is 6.23. The van der Waals surface area contributed by atoms with Crippen molar-refractivity contribution in [1.82, 2.24) is 9.55 Å². The van der Waals surface area contributed by atoms with Gasteiger partial charge in [-0.1, -0.05) is 72.3 Å². The van der Waals surface area contributed by atoms with Crippen molar-refractivity contribution in [2.45, 2.75) is 0 Å². The van der Waals surface area contributed by atoms with Gasteiger partial charge in [0.2, 0.25) is 0 Å². The van der Waals surface area contributed by atoms with E-state index in [2.05, 4.69) is 65.2 Å². The lowest BCUT2D eigenvalue weighted by molar-refractivity contribution is 1.10. The van der Waals surface area contributed by atoms with Crippen LogP contribution in [0.1, 0.15) is 0 Å². The highest BCUT2D eigenvalue weighted by Gasteiger charge is 2.18. The van der Waals surface area contributed by atoms with Gasteiger partial charge in [-0.25, -0.2) is 4.98 Å². The number of hydrogen-bond donors (Lipinski definition) is 0. The van der Waals surface area contributed by atoms with Crippen molar-refractivity contribution < 1.29 is 0 Å². The Labute approximate surface area is 186 Å². The van der Waals surface area contributed by atoms with Gasteiger partial charge in [-0.2, -0.15) is 0 Å².